The van der Waals surface area contributed by atoms with Crippen molar-refractivity contribution >= 4 is 23.4 Å². The van der Waals surface area contributed by atoms with Crippen molar-refractivity contribution in [2.45, 2.75) is 16.5 Å². The summed E-state index contributed by atoms with van der Waals surface area (Å²) in [4.78, 5) is 25.1. The Bertz CT molecular complexity index is 706. The standard InChI is InChI=1S/C10H7F2N5O3S/c11-7(12)9-14-10(16-15-9)21-6-2-1-4(17(19)20)3-5(6)8(13)18/h1-3,7H,(H2,13,18)(H,14,15,16). The predicted molar refractivity (Wildman–Crippen MR) is 67.1 cm³/mol. The van der Waals surface area contributed by atoms with Crippen LogP contribution in [0, 0.1) is 10.1 Å². The second kappa shape index (κ2) is 5.83. The lowest BCUT2D eigenvalue weighted by atomic mass is 10.2. The van der Waals surface area contributed by atoms with Crippen LogP contribution in [0.4, 0.5) is 14.5 Å². The van der Waals surface area contributed by atoms with E-state index in [1.807, 2.05) is 5.10 Å². The van der Waals surface area contributed by atoms with Gasteiger partial charge in [0.2, 0.25) is 11.1 Å². The average Bonchev–Trinajstić information content (AvgIpc) is 2.87. The summed E-state index contributed by atoms with van der Waals surface area (Å²) in [6, 6.07) is 3.45. The summed E-state index contributed by atoms with van der Waals surface area (Å²) < 4.78 is 24.8. The summed E-state index contributed by atoms with van der Waals surface area (Å²) in [5.74, 6) is -1.49. The van der Waals surface area contributed by atoms with Crippen LogP contribution in [-0.2, 0) is 0 Å². The molecule has 0 aliphatic carbocycles. The molecular weight excluding hydrogens is 308 g/mol. The van der Waals surface area contributed by atoms with Crippen LogP contribution < -0.4 is 5.73 Å². The minimum atomic E-state index is -2.81. The first-order chi connectivity index (χ1) is 9.88. The third kappa shape index (κ3) is 3.31. The maximum absolute atomic E-state index is 12.4. The summed E-state index contributed by atoms with van der Waals surface area (Å²) in [6.07, 6.45) is -2.81. The Hall–Kier alpha value is -2.56. The lowest BCUT2D eigenvalue weighted by Crippen LogP contribution is -2.12. The molecule has 0 radical (unpaired) electrons. The number of benzene rings is 1. The number of aromatic amines is 1. The Balaban J connectivity index is 2.34. The number of nitrogens with one attached hydrogen (secondary N) is 1. The van der Waals surface area contributed by atoms with Crippen LogP contribution in [0.5, 0.6) is 0 Å². The molecule has 0 fully saturated rings. The van der Waals surface area contributed by atoms with Crippen molar-refractivity contribution in [1.29, 1.82) is 0 Å². The summed E-state index contributed by atoms with van der Waals surface area (Å²) in [7, 11) is 0. The molecule has 110 valence electrons. The van der Waals surface area contributed by atoms with Gasteiger partial charge in [-0.3, -0.25) is 20.0 Å². The molecule has 0 atom stereocenters. The molecule has 8 nitrogen and oxygen atoms in total. The van der Waals surface area contributed by atoms with Crippen molar-refractivity contribution in [3.8, 4) is 0 Å². The van der Waals surface area contributed by atoms with Gasteiger partial charge in [-0.15, -0.1) is 5.10 Å². The zero-order valence-electron chi connectivity index (χ0n) is 10.1. The van der Waals surface area contributed by atoms with Gasteiger partial charge in [0.1, 0.15) is 0 Å². The molecule has 0 unspecified atom stereocenters. The van der Waals surface area contributed by atoms with E-state index in [1.165, 1.54) is 6.07 Å². The highest BCUT2D eigenvalue weighted by atomic mass is 32.2. The van der Waals surface area contributed by atoms with Crippen molar-refractivity contribution in [1.82, 2.24) is 15.2 Å². The molecule has 0 saturated carbocycles. The quantitative estimate of drug-likeness (QED) is 0.640. The molecule has 11 heteroatoms. The van der Waals surface area contributed by atoms with Gasteiger partial charge in [0, 0.05) is 17.0 Å². The molecule has 0 bridgehead atoms. The first-order valence-electron chi connectivity index (χ1n) is 5.35. The molecule has 0 aliphatic rings. The summed E-state index contributed by atoms with van der Waals surface area (Å²) in [5, 5.41) is 16.2. The zero-order chi connectivity index (χ0) is 15.6. The molecule has 2 aromatic rings. The monoisotopic (exact) mass is 315 g/mol. The Morgan fingerprint density at radius 3 is 2.71 bits per heavy atom. The number of H-pyrrole nitrogens is 1. The molecule has 0 saturated heterocycles. The predicted octanol–water partition coefficient (Wildman–Crippen LogP) is 1.90. The minimum Gasteiger partial charge on any atom is -0.366 e. The van der Waals surface area contributed by atoms with Crippen LogP contribution in [0.25, 0.3) is 0 Å². The Morgan fingerprint density at radius 2 is 2.19 bits per heavy atom. The van der Waals surface area contributed by atoms with Gasteiger partial charge in [-0.25, -0.2) is 8.78 Å². The molecule has 0 spiro atoms. The van der Waals surface area contributed by atoms with Gasteiger partial charge in [-0.2, -0.15) is 4.98 Å². The normalized spacial score (nSPS) is 10.8. The smallest absolute Gasteiger partial charge is 0.296 e. The number of non-ortho nitro benzene ring substituents is 1. The van der Waals surface area contributed by atoms with Crippen molar-refractivity contribution in [2.75, 3.05) is 0 Å². The van der Waals surface area contributed by atoms with E-state index in [4.69, 9.17) is 5.73 Å². The van der Waals surface area contributed by atoms with Crippen LogP contribution >= 0.6 is 11.8 Å². The van der Waals surface area contributed by atoms with E-state index in [-0.39, 0.29) is 21.3 Å². The van der Waals surface area contributed by atoms with Crippen molar-refractivity contribution < 1.29 is 18.5 Å². The first-order valence-corrected chi connectivity index (χ1v) is 6.16. The SMILES string of the molecule is NC(=O)c1cc([N+](=O)[O-])ccc1Sc1n[nH]c(C(F)F)n1. The van der Waals surface area contributed by atoms with Gasteiger partial charge in [-0.05, 0) is 17.8 Å². The Labute approximate surface area is 119 Å². The van der Waals surface area contributed by atoms with Crippen LogP contribution in [-0.4, -0.2) is 26.0 Å². The van der Waals surface area contributed by atoms with E-state index in [9.17, 15) is 23.7 Å². The van der Waals surface area contributed by atoms with Crippen molar-refractivity contribution in [3.05, 3.63) is 39.7 Å². The molecule has 1 aromatic carbocycles. The second-order valence-electron chi connectivity index (χ2n) is 3.71. The fourth-order valence-electron chi connectivity index (χ4n) is 1.41. The molecule has 21 heavy (non-hydrogen) atoms. The van der Waals surface area contributed by atoms with E-state index >= 15 is 0 Å². The topological polar surface area (TPSA) is 128 Å². The average molecular weight is 315 g/mol. The van der Waals surface area contributed by atoms with E-state index in [0.29, 0.717) is 0 Å². The number of amides is 1. The lowest BCUT2D eigenvalue weighted by Gasteiger charge is -2.03. The number of rotatable bonds is 5. The molecule has 1 heterocycles. The number of carbonyl (C=O) groups is 1. The number of nitro benzene ring substituents is 1. The van der Waals surface area contributed by atoms with E-state index < -0.39 is 23.1 Å². The van der Waals surface area contributed by atoms with Crippen molar-refractivity contribution in [2.24, 2.45) is 5.73 Å². The first kappa shape index (κ1) is 14.8. The highest BCUT2D eigenvalue weighted by molar-refractivity contribution is 7.99. The highest BCUT2D eigenvalue weighted by Gasteiger charge is 2.18. The van der Waals surface area contributed by atoms with Crippen LogP contribution in [0.2, 0.25) is 0 Å². The van der Waals surface area contributed by atoms with Crippen LogP contribution in [0.3, 0.4) is 0 Å². The van der Waals surface area contributed by atoms with Gasteiger partial charge in [0.15, 0.2) is 5.82 Å². The largest absolute Gasteiger partial charge is 0.366 e. The second-order valence-corrected chi connectivity index (χ2v) is 4.72. The number of carbonyl (C=O) groups excluding carboxylic acids is 1. The van der Waals surface area contributed by atoms with E-state index in [1.54, 1.807) is 0 Å². The van der Waals surface area contributed by atoms with Crippen LogP contribution in [0.1, 0.15) is 22.6 Å². The Morgan fingerprint density at radius 1 is 1.48 bits per heavy atom. The van der Waals surface area contributed by atoms with Gasteiger partial charge < -0.3 is 5.73 Å². The van der Waals surface area contributed by atoms with Gasteiger partial charge in [-0.1, -0.05) is 0 Å². The Kier molecular flexibility index (Phi) is 4.12. The minimum absolute atomic E-state index is 0.0540. The van der Waals surface area contributed by atoms with Crippen molar-refractivity contribution in [3.63, 3.8) is 0 Å². The maximum Gasteiger partial charge on any atom is 0.296 e. The number of alkyl halides is 2. The molecule has 0 aliphatic heterocycles. The van der Waals surface area contributed by atoms with Gasteiger partial charge in [0.25, 0.3) is 12.1 Å². The summed E-state index contributed by atoms with van der Waals surface area (Å²) >= 11 is 0.791. The maximum atomic E-state index is 12.4. The number of aromatic nitrogens is 3. The number of nitrogens with two attached hydrogens (primary N) is 1. The third-order valence-corrected chi connectivity index (χ3v) is 3.27. The fraction of sp³-hybridized carbons (Fsp3) is 0.100. The number of halogens is 2. The number of nitrogens with zero attached hydrogens (tertiary/aromatic N) is 3. The number of primary amides is 1. The van der Waals surface area contributed by atoms with Gasteiger partial charge in [0.05, 0.1) is 10.5 Å². The zero-order valence-corrected chi connectivity index (χ0v) is 10.9. The number of hydrogen-bond acceptors (Lipinski definition) is 6. The molecular formula is C10H7F2N5O3S. The van der Waals surface area contributed by atoms with E-state index in [2.05, 4.69) is 10.1 Å². The van der Waals surface area contributed by atoms with E-state index in [0.717, 1.165) is 23.9 Å². The van der Waals surface area contributed by atoms with Gasteiger partial charge >= 0.3 is 0 Å². The number of hydrogen-bond donors (Lipinski definition) is 2. The summed E-state index contributed by atoms with van der Waals surface area (Å²) in [5.41, 5.74) is 4.72. The van der Waals surface area contributed by atoms with Crippen LogP contribution in [0.15, 0.2) is 28.3 Å². The highest BCUT2D eigenvalue weighted by Crippen LogP contribution is 2.31. The molecule has 1 amide bonds. The molecule has 1 aromatic heterocycles. The summed E-state index contributed by atoms with van der Waals surface area (Å²) in [6.45, 7) is 0. The molecule has 3 N–H and O–H groups in total. The number of nitro groups is 1. The molecule has 2 rings (SSSR count). The third-order valence-electron chi connectivity index (χ3n) is 2.33. The fourth-order valence-corrected chi connectivity index (χ4v) is 2.25. The lowest BCUT2D eigenvalue weighted by molar-refractivity contribution is -0.384.